The summed E-state index contributed by atoms with van der Waals surface area (Å²) in [6.07, 6.45) is 1.94. The molecule has 4 nitrogen and oxygen atoms in total. The van der Waals surface area contributed by atoms with E-state index >= 15 is 0 Å². The summed E-state index contributed by atoms with van der Waals surface area (Å²) in [7, 11) is 0. The average molecular weight is 361 g/mol. The van der Waals surface area contributed by atoms with Crippen LogP contribution in [0.3, 0.4) is 0 Å². The van der Waals surface area contributed by atoms with Crippen molar-refractivity contribution >= 4 is 5.97 Å². The molecule has 1 fully saturated rings. The van der Waals surface area contributed by atoms with Crippen LogP contribution in [-0.2, 0) is 21.2 Å². The molecule has 0 aromatic heterocycles. The van der Waals surface area contributed by atoms with Crippen LogP contribution in [0.4, 0.5) is 0 Å². The molecular weight excluding hydrogens is 326 g/mol. The first-order valence-electron chi connectivity index (χ1n) is 9.69. The minimum atomic E-state index is -0.533. The predicted octanol–water partition coefficient (Wildman–Crippen LogP) is 4.90. The lowest BCUT2D eigenvalue weighted by molar-refractivity contribution is -0.299. The Kier molecular flexibility index (Phi) is 6.19. The zero-order valence-corrected chi connectivity index (χ0v) is 17.3. The molecule has 1 aliphatic rings. The average Bonchev–Trinajstić information content (AvgIpc) is 2.51. The van der Waals surface area contributed by atoms with E-state index in [1.165, 1.54) is 5.56 Å². The predicted molar refractivity (Wildman–Crippen MR) is 103 cm³/mol. The number of ether oxygens (including phenoxy) is 1. The van der Waals surface area contributed by atoms with E-state index in [4.69, 9.17) is 4.74 Å². The number of hydrogen-bond acceptors (Lipinski definition) is 3. The second kappa shape index (κ2) is 7.69. The molecule has 26 heavy (non-hydrogen) atoms. The first-order valence-corrected chi connectivity index (χ1v) is 9.69. The van der Waals surface area contributed by atoms with Gasteiger partial charge >= 0.3 is 5.97 Å². The standard InChI is InChI=1S/C22H34NO3/c1-15(2)12-17-8-10-18(11-9-17)16(3)20(24)26-19-13-21(4,5)23(25)22(6,7)14-19/h8-11,15-16,19H,12-14H2,1-7H3. The number of nitrogens with zero attached hydrogens (tertiary/aromatic N) is 1. The van der Waals surface area contributed by atoms with Crippen molar-refractivity contribution in [1.29, 1.82) is 0 Å². The quantitative estimate of drug-likeness (QED) is 0.702. The lowest BCUT2D eigenvalue weighted by Gasteiger charge is -2.49. The lowest BCUT2D eigenvalue weighted by atomic mass is 9.80. The summed E-state index contributed by atoms with van der Waals surface area (Å²) in [6.45, 7) is 13.9. The molecule has 0 amide bonds. The summed E-state index contributed by atoms with van der Waals surface area (Å²) in [4.78, 5) is 12.7. The highest BCUT2D eigenvalue weighted by Crippen LogP contribution is 2.38. The number of carbonyl (C=O) groups excluding carboxylic acids is 1. The second-order valence-electron chi connectivity index (χ2n) is 9.45. The summed E-state index contributed by atoms with van der Waals surface area (Å²) in [6, 6.07) is 8.25. The van der Waals surface area contributed by atoms with Gasteiger partial charge in [-0.15, -0.1) is 10.3 Å². The fraction of sp³-hybridized carbons (Fsp3) is 0.682. The van der Waals surface area contributed by atoms with Crippen molar-refractivity contribution in [3.8, 4) is 0 Å². The molecule has 1 aromatic rings. The molecule has 1 heterocycles. The Morgan fingerprint density at radius 3 is 2.04 bits per heavy atom. The molecule has 1 aliphatic heterocycles. The van der Waals surface area contributed by atoms with E-state index in [0.717, 1.165) is 17.0 Å². The van der Waals surface area contributed by atoms with Crippen molar-refractivity contribution < 1.29 is 14.7 Å². The van der Waals surface area contributed by atoms with Crippen LogP contribution in [0.2, 0.25) is 0 Å². The molecule has 2 rings (SSSR count). The van der Waals surface area contributed by atoms with E-state index < -0.39 is 11.1 Å². The molecule has 4 heteroatoms. The maximum atomic E-state index is 12.7. The number of esters is 1. The monoisotopic (exact) mass is 360 g/mol. The number of hydroxylamine groups is 2. The van der Waals surface area contributed by atoms with Crippen LogP contribution in [0, 0.1) is 5.92 Å². The molecule has 0 saturated carbocycles. The molecule has 145 valence electrons. The van der Waals surface area contributed by atoms with Crippen LogP contribution in [0.25, 0.3) is 0 Å². The molecule has 1 saturated heterocycles. The first-order chi connectivity index (χ1) is 11.9. The Morgan fingerprint density at radius 1 is 1.08 bits per heavy atom. The summed E-state index contributed by atoms with van der Waals surface area (Å²) in [5.74, 6) is 0.0963. The van der Waals surface area contributed by atoms with Crippen molar-refractivity contribution in [2.45, 2.75) is 90.8 Å². The van der Waals surface area contributed by atoms with Gasteiger partial charge in [-0.1, -0.05) is 38.1 Å². The topological polar surface area (TPSA) is 49.4 Å². The zero-order valence-electron chi connectivity index (χ0n) is 17.3. The molecule has 1 aromatic carbocycles. The van der Waals surface area contributed by atoms with Gasteiger partial charge in [-0.25, -0.2) is 0 Å². The fourth-order valence-electron chi connectivity index (χ4n) is 4.07. The molecule has 0 bridgehead atoms. The van der Waals surface area contributed by atoms with Gasteiger partial charge in [-0.05, 0) is 58.1 Å². The highest BCUT2D eigenvalue weighted by Gasteiger charge is 2.47. The number of benzene rings is 1. The molecule has 0 aliphatic carbocycles. The largest absolute Gasteiger partial charge is 0.462 e. The summed E-state index contributed by atoms with van der Waals surface area (Å²) >= 11 is 0. The van der Waals surface area contributed by atoms with Crippen molar-refractivity contribution in [2.75, 3.05) is 0 Å². The van der Waals surface area contributed by atoms with Gasteiger partial charge in [0.05, 0.1) is 5.92 Å². The van der Waals surface area contributed by atoms with Gasteiger partial charge < -0.3 is 4.74 Å². The van der Waals surface area contributed by atoms with E-state index in [-0.39, 0.29) is 18.0 Å². The van der Waals surface area contributed by atoms with Gasteiger partial charge in [0.25, 0.3) is 0 Å². The van der Waals surface area contributed by atoms with E-state index in [2.05, 4.69) is 26.0 Å². The third-order valence-corrected chi connectivity index (χ3v) is 5.31. The third kappa shape index (κ3) is 4.86. The summed E-state index contributed by atoms with van der Waals surface area (Å²) < 4.78 is 5.82. The van der Waals surface area contributed by atoms with Gasteiger partial charge in [0.2, 0.25) is 0 Å². The number of piperidine rings is 1. The van der Waals surface area contributed by atoms with Crippen molar-refractivity contribution in [1.82, 2.24) is 5.06 Å². The van der Waals surface area contributed by atoms with Gasteiger partial charge in [0.1, 0.15) is 6.10 Å². The Morgan fingerprint density at radius 2 is 1.58 bits per heavy atom. The van der Waals surface area contributed by atoms with Crippen molar-refractivity contribution in [2.24, 2.45) is 5.92 Å². The van der Waals surface area contributed by atoms with Crippen LogP contribution >= 0.6 is 0 Å². The van der Waals surface area contributed by atoms with E-state index in [1.54, 1.807) is 0 Å². The SMILES string of the molecule is CC(C)Cc1ccc(C(C)C(=O)OC2CC(C)(C)N([O])C(C)(C)C2)cc1. The molecule has 0 spiro atoms. The van der Waals surface area contributed by atoms with Crippen molar-refractivity contribution in [3.63, 3.8) is 0 Å². The van der Waals surface area contributed by atoms with Crippen LogP contribution in [0.5, 0.6) is 0 Å². The van der Waals surface area contributed by atoms with E-state index in [9.17, 15) is 10.0 Å². The van der Waals surface area contributed by atoms with Gasteiger partial charge in [0, 0.05) is 23.9 Å². The molecule has 1 radical (unpaired) electrons. The normalized spacial score (nSPS) is 21.6. The highest BCUT2D eigenvalue weighted by molar-refractivity contribution is 5.77. The van der Waals surface area contributed by atoms with Crippen LogP contribution in [0.1, 0.15) is 78.4 Å². The maximum Gasteiger partial charge on any atom is 0.313 e. The molecule has 1 atom stereocenters. The van der Waals surface area contributed by atoms with E-state index in [0.29, 0.717) is 18.8 Å². The Bertz CT molecular complexity index is 601. The van der Waals surface area contributed by atoms with Crippen LogP contribution in [0.15, 0.2) is 24.3 Å². The molecule has 0 N–H and O–H groups in total. The smallest absolute Gasteiger partial charge is 0.313 e. The first kappa shape index (κ1) is 20.9. The maximum absolute atomic E-state index is 12.7. The Balaban J connectivity index is 2.02. The summed E-state index contributed by atoms with van der Waals surface area (Å²) in [5, 5.41) is 13.6. The second-order valence-corrected chi connectivity index (χ2v) is 9.45. The third-order valence-electron chi connectivity index (χ3n) is 5.31. The van der Waals surface area contributed by atoms with Gasteiger partial charge in [-0.2, -0.15) is 0 Å². The fourth-order valence-corrected chi connectivity index (χ4v) is 4.07. The van der Waals surface area contributed by atoms with Crippen LogP contribution in [-0.4, -0.2) is 28.2 Å². The number of carbonyl (C=O) groups is 1. The minimum absolute atomic E-state index is 0.211. The minimum Gasteiger partial charge on any atom is -0.462 e. The Hall–Kier alpha value is -1.39. The molecular formula is C22H34NO3. The Labute approximate surface area is 158 Å². The van der Waals surface area contributed by atoms with Crippen LogP contribution < -0.4 is 0 Å². The highest BCUT2D eigenvalue weighted by atomic mass is 16.5. The number of hydrogen-bond donors (Lipinski definition) is 0. The van der Waals surface area contributed by atoms with Gasteiger partial charge in [0.15, 0.2) is 0 Å². The number of rotatable bonds is 5. The van der Waals surface area contributed by atoms with Crippen molar-refractivity contribution in [3.05, 3.63) is 35.4 Å². The summed E-state index contributed by atoms with van der Waals surface area (Å²) in [5.41, 5.74) is 1.20. The van der Waals surface area contributed by atoms with Gasteiger partial charge in [-0.3, -0.25) is 4.79 Å². The zero-order chi connectivity index (χ0) is 19.7. The lowest BCUT2D eigenvalue weighted by Crippen LogP contribution is -2.60. The van der Waals surface area contributed by atoms with E-state index in [1.807, 2.05) is 46.8 Å². The molecule has 1 unspecified atom stereocenters.